The van der Waals surface area contributed by atoms with Gasteiger partial charge in [-0.3, -0.25) is 4.79 Å². The van der Waals surface area contributed by atoms with Crippen molar-refractivity contribution in [3.8, 4) is 0 Å². The lowest BCUT2D eigenvalue weighted by Gasteiger charge is -2.14. The Kier molecular flexibility index (Phi) is 3.18. The minimum Gasteiger partial charge on any atom is -0.398 e. The van der Waals surface area contributed by atoms with Crippen LogP contribution in [0.1, 0.15) is 39.5 Å². The standard InChI is InChI=1S/C17H18N2O/c1-11-6-7-13(10-15(11)18)17(20)19-16-9-8-12-4-2-3-5-14(12)16/h2-7,10,16H,8-9,18H2,1H3,(H,19,20). The molecule has 3 rings (SSSR count). The number of aryl methyl sites for hydroxylation is 2. The Morgan fingerprint density at radius 2 is 2.05 bits per heavy atom. The molecule has 0 heterocycles. The van der Waals surface area contributed by atoms with Gasteiger partial charge < -0.3 is 11.1 Å². The van der Waals surface area contributed by atoms with Crippen molar-refractivity contribution < 1.29 is 4.79 Å². The molecule has 0 saturated carbocycles. The van der Waals surface area contributed by atoms with Crippen LogP contribution in [0.2, 0.25) is 0 Å². The highest BCUT2D eigenvalue weighted by Gasteiger charge is 2.23. The number of rotatable bonds is 2. The maximum atomic E-state index is 12.3. The maximum absolute atomic E-state index is 12.3. The quantitative estimate of drug-likeness (QED) is 0.821. The van der Waals surface area contributed by atoms with Gasteiger partial charge in [0.05, 0.1) is 6.04 Å². The van der Waals surface area contributed by atoms with Crippen LogP contribution in [0.15, 0.2) is 42.5 Å². The lowest BCUT2D eigenvalue weighted by molar-refractivity contribution is 0.0937. The number of anilines is 1. The SMILES string of the molecule is Cc1ccc(C(=O)NC2CCc3ccccc32)cc1N. The molecule has 1 atom stereocenters. The Hall–Kier alpha value is -2.29. The summed E-state index contributed by atoms with van der Waals surface area (Å²) >= 11 is 0. The number of nitrogens with two attached hydrogens (primary N) is 1. The van der Waals surface area contributed by atoms with E-state index in [0.29, 0.717) is 11.3 Å². The summed E-state index contributed by atoms with van der Waals surface area (Å²) in [5, 5.41) is 3.10. The normalized spacial score (nSPS) is 16.8. The summed E-state index contributed by atoms with van der Waals surface area (Å²) in [7, 11) is 0. The van der Waals surface area contributed by atoms with Crippen LogP contribution in [0.3, 0.4) is 0 Å². The number of hydrogen-bond acceptors (Lipinski definition) is 2. The van der Waals surface area contributed by atoms with Gasteiger partial charge in [-0.25, -0.2) is 0 Å². The van der Waals surface area contributed by atoms with Crippen molar-refractivity contribution in [2.45, 2.75) is 25.8 Å². The van der Waals surface area contributed by atoms with Crippen LogP contribution in [-0.2, 0) is 6.42 Å². The van der Waals surface area contributed by atoms with Crippen LogP contribution < -0.4 is 11.1 Å². The molecule has 0 spiro atoms. The van der Waals surface area contributed by atoms with E-state index in [9.17, 15) is 4.79 Å². The van der Waals surface area contributed by atoms with Gasteiger partial charge in [0.2, 0.25) is 0 Å². The van der Waals surface area contributed by atoms with E-state index in [2.05, 4.69) is 17.4 Å². The van der Waals surface area contributed by atoms with E-state index in [1.54, 1.807) is 6.07 Å². The smallest absolute Gasteiger partial charge is 0.251 e. The van der Waals surface area contributed by atoms with Gasteiger partial charge in [-0.15, -0.1) is 0 Å². The maximum Gasteiger partial charge on any atom is 0.251 e. The molecule has 0 fully saturated rings. The molecule has 1 aliphatic rings. The fourth-order valence-electron chi connectivity index (χ4n) is 2.73. The Labute approximate surface area is 118 Å². The number of amides is 1. The van der Waals surface area contributed by atoms with Crippen LogP contribution in [-0.4, -0.2) is 5.91 Å². The Morgan fingerprint density at radius 3 is 2.85 bits per heavy atom. The molecule has 3 heteroatoms. The van der Waals surface area contributed by atoms with Crippen molar-refractivity contribution in [3.63, 3.8) is 0 Å². The average Bonchev–Trinajstić information content (AvgIpc) is 2.85. The van der Waals surface area contributed by atoms with Crippen LogP contribution in [0.25, 0.3) is 0 Å². The van der Waals surface area contributed by atoms with Crippen molar-refractivity contribution in [2.75, 3.05) is 5.73 Å². The number of hydrogen-bond donors (Lipinski definition) is 2. The number of nitrogen functional groups attached to an aromatic ring is 1. The summed E-state index contributed by atoms with van der Waals surface area (Å²) in [5.41, 5.74) is 10.7. The van der Waals surface area contributed by atoms with Crippen molar-refractivity contribution in [3.05, 3.63) is 64.7 Å². The zero-order valence-corrected chi connectivity index (χ0v) is 11.5. The summed E-state index contributed by atoms with van der Waals surface area (Å²) in [5.74, 6) is -0.0570. The zero-order chi connectivity index (χ0) is 14.1. The van der Waals surface area contributed by atoms with E-state index in [4.69, 9.17) is 5.73 Å². The first-order valence-corrected chi connectivity index (χ1v) is 6.90. The van der Waals surface area contributed by atoms with Gasteiger partial charge in [-0.2, -0.15) is 0 Å². The predicted molar refractivity (Wildman–Crippen MR) is 80.6 cm³/mol. The minimum atomic E-state index is -0.0570. The highest BCUT2D eigenvalue weighted by molar-refractivity contribution is 5.95. The molecule has 1 amide bonds. The third-order valence-electron chi connectivity index (χ3n) is 3.98. The van der Waals surface area contributed by atoms with Crippen molar-refractivity contribution in [1.29, 1.82) is 0 Å². The highest BCUT2D eigenvalue weighted by atomic mass is 16.1. The van der Waals surface area contributed by atoms with Gasteiger partial charge in [0.15, 0.2) is 0 Å². The molecule has 2 aromatic carbocycles. The highest BCUT2D eigenvalue weighted by Crippen LogP contribution is 2.30. The monoisotopic (exact) mass is 266 g/mol. The average molecular weight is 266 g/mol. The number of fused-ring (bicyclic) bond motifs is 1. The van der Waals surface area contributed by atoms with Crippen LogP contribution >= 0.6 is 0 Å². The second kappa shape index (κ2) is 5.00. The zero-order valence-electron chi connectivity index (χ0n) is 11.5. The second-order valence-electron chi connectivity index (χ2n) is 5.33. The molecule has 0 aliphatic heterocycles. The summed E-state index contributed by atoms with van der Waals surface area (Å²) < 4.78 is 0. The van der Waals surface area contributed by atoms with Gasteiger partial charge >= 0.3 is 0 Å². The molecule has 1 aliphatic carbocycles. The first kappa shape index (κ1) is 12.7. The van der Waals surface area contributed by atoms with E-state index in [0.717, 1.165) is 18.4 Å². The molecule has 1 unspecified atom stereocenters. The summed E-state index contributed by atoms with van der Waals surface area (Å²) in [6.07, 6.45) is 1.99. The second-order valence-corrected chi connectivity index (χ2v) is 5.33. The lowest BCUT2D eigenvalue weighted by atomic mass is 10.1. The Balaban J connectivity index is 1.79. The molecule has 0 bridgehead atoms. The van der Waals surface area contributed by atoms with E-state index >= 15 is 0 Å². The van der Waals surface area contributed by atoms with Gasteiger partial charge in [-0.05, 0) is 48.6 Å². The summed E-state index contributed by atoms with van der Waals surface area (Å²) in [6, 6.07) is 13.8. The lowest BCUT2D eigenvalue weighted by Crippen LogP contribution is -2.27. The number of carbonyl (C=O) groups is 1. The molecule has 3 nitrogen and oxygen atoms in total. The number of nitrogens with one attached hydrogen (secondary N) is 1. The van der Waals surface area contributed by atoms with E-state index in [-0.39, 0.29) is 11.9 Å². The van der Waals surface area contributed by atoms with Crippen molar-refractivity contribution in [1.82, 2.24) is 5.32 Å². The molecule has 0 saturated heterocycles. The van der Waals surface area contributed by atoms with Crippen LogP contribution in [0.5, 0.6) is 0 Å². The molecule has 0 aromatic heterocycles. The third kappa shape index (κ3) is 2.27. The number of benzene rings is 2. The van der Waals surface area contributed by atoms with E-state index in [1.165, 1.54) is 11.1 Å². The van der Waals surface area contributed by atoms with Gasteiger partial charge in [0.1, 0.15) is 0 Å². The molecular weight excluding hydrogens is 248 g/mol. The van der Waals surface area contributed by atoms with Gasteiger partial charge in [0, 0.05) is 11.3 Å². The minimum absolute atomic E-state index is 0.0570. The topological polar surface area (TPSA) is 55.1 Å². The summed E-state index contributed by atoms with van der Waals surface area (Å²) in [4.78, 5) is 12.3. The van der Waals surface area contributed by atoms with E-state index in [1.807, 2.05) is 31.2 Å². The molecule has 0 radical (unpaired) electrons. The van der Waals surface area contributed by atoms with Crippen molar-refractivity contribution in [2.24, 2.45) is 0 Å². The first-order valence-electron chi connectivity index (χ1n) is 6.90. The van der Waals surface area contributed by atoms with Crippen molar-refractivity contribution >= 4 is 11.6 Å². The Bertz CT molecular complexity index is 664. The number of carbonyl (C=O) groups excluding carboxylic acids is 1. The van der Waals surface area contributed by atoms with E-state index < -0.39 is 0 Å². The van der Waals surface area contributed by atoms with Gasteiger partial charge in [-0.1, -0.05) is 30.3 Å². The molecule has 102 valence electrons. The largest absolute Gasteiger partial charge is 0.398 e. The molecule has 2 aromatic rings. The molecular formula is C17H18N2O. The Morgan fingerprint density at radius 1 is 1.25 bits per heavy atom. The fraction of sp³-hybridized carbons (Fsp3) is 0.235. The van der Waals surface area contributed by atoms with Crippen LogP contribution in [0.4, 0.5) is 5.69 Å². The predicted octanol–water partition coefficient (Wildman–Crippen LogP) is 2.99. The fourth-order valence-corrected chi connectivity index (χ4v) is 2.73. The summed E-state index contributed by atoms with van der Waals surface area (Å²) in [6.45, 7) is 1.93. The van der Waals surface area contributed by atoms with Crippen LogP contribution in [0, 0.1) is 6.92 Å². The van der Waals surface area contributed by atoms with Gasteiger partial charge in [0.25, 0.3) is 5.91 Å². The third-order valence-corrected chi connectivity index (χ3v) is 3.98. The molecule has 3 N–H and O–H groups in total. The molecule has 20 heavy (non-hydrogen) atoms. The first-order chi connectivity index (χ1) is 9.65.